The molecule has 3 aromatic rings. The molecule has 2 atom stereocenters. The zero-order chi connectivity index (χ0) is 22.1. The summed E-state index contributed by atoms with van der Waals surface area (Å²) in [5, 5.41) is 14.3. The van der Waals surface area contributed by atoms with Crippen molar-refractivity contribution in [2.45, 2.75) is 12.1 Å². The molecule has 0 aliphatic heterocycles. The second-order valence-electron chi connectivity index (χ2n) is 7.37. The van der Waals surface area contributed by atoms with E-state index in [0.717, 1.165) is 28.0 Å². The molecule has 0 saturated heterocycles. The molecule has 8 nitrogen and oxygen atoms in total. The molecule has 158 valence electrons. The highest BCUT2D eigenvalue weighted by Crippen LogP contribution is 2.29. The molecule has 1 aliphatic rings. The second-order valence-corrected chi connectivity index (χ2v) is 7.37. The highest BCUT2D eigenvalue weighted by molar-refractivity contribution is 5.87. The molecule has 9 N–H and O–H groups in total. The molecule has 0 saturated carbocycles. The largest absolute Gasteiger partial charge is 0.508 e. The number of benzene rings is 2. The van der Waals surface area contributed by atoms with E-state index in [-0.39, 0.29) is 17.8 Å². The monoisotopic (exact) mass is 415 g/mol. The smallest absolute Gasteiger partial charge is 0.138 e. The van der Waals surface area contributed by atoms with Crippen LogP contribution in [0.1, 0.15) is 11.4 Å². The van der Waals surface area contributed by atoms with Gasteiger partial charge in [-0.25, -0.2) is 10.8 Å². The number of hydrogen-bond donors (Lipinski definition) is 6. The van der Waals surface area contributed by atoms with Gasteiger partial charge in [0, 0.05) is 29.6 Å². The molecule has 0 fully saturated rings. The van der Waals surface area contributed by atoms with E-state index < -0.39 is 0 Å². The molecular formula is C23H25N7O. The molecule has 0 bridgehead atoms. The van der Waals surface area contributed by atoms with E-state index in [1.807, 2.05) is 36.4 Å². The highest BCUT2D eigenvalue weighted by Gasteiger charge is 2.22. The van der Waals surface area contributed by atoms with Gasteiger partial charge in [0.2, 0.25) is 0 Å². The number of nitrogens with two attached hydrogens (primary N) is 3. The number of nitrogen functional groups attached to an aromatic ring is 1. The van der Waals surface area contributed by atoms with Crippen molar-refractivity contribution in [2.24, 2.45) is 11.6 Å². The van der Waals surface area contributed by atoms with E-state index >= 15 is 0 Å². The second kappa shape index (κ2) is 8.02. The predicted molar refractivity (Wildman–Crippen MR) is 126 cm³/mol. The summed E-state index contributed by atoms with van der Waals surface area (Å²) < 4.78 is 0. The van der Waals surface area contributed by atoms with E-state index in [0.29, 0.717) is 17.1 Å². The third-order valence-corrected chi connectivity index (χ3v) is 5.22. The minimum absolute atomic E-state index is 0.122. The number of imidazole rings is 1. The van der Waals surface area contributed by atoms with Crippen molar-refractivity contribution >= 4 is 33.7 Å². The minimum Gasteiger partial charge on any atom is -0.508 e. The van der Waals surface area contributed by atoms with Crippen LogP contribution in [0, 0.1) is 0 Å². The number of hydrazine groups is 1. The van der Waals surface area contributed by atoms with Gasteiger partial charge in [0.05, 0.1) is 28.5 Å². The lowest BCUT2D eigenvalue weighted by Crippen LogP contribution is -2.47. The van der Waals surface area contributed by atoms with E-state index in [1.165, 1.54) is 11.1 Å². The van der Waals surface area contributed by atoms with Crippen molar-refractivity contribution in [3.05, 3.63) is 85.4 Å². The van der Waals surface area contributed by atoms with Gasteiger partial charge in [-0.2, -0.15) is 0 Å². The Labute approximate surface area is 180 Å². The van der Waals surface area contributed by atoms with E-state index in [1.54, 1.807) is 18.3 Å². The van der Waals surface area contributed by atoms with Crippen LogP contribution in [0.4, 0.5) is 11.4 Å². The maximum absolute atomic E-state index is 9.69. The van der Waals surface area contributed by atoms with Crippen LogP contribution in [0.2, 0.25) is 0 Å². The van der Waals surface area contributed by atoms with Crippen molar-refractivity contribution < 1.29 is 5.11 Å². The lowest BCUT2D eigenvalue weighted by Gasteiger charge is -2.29. The van der Waals surface area contributed by atoms with Crippen LogP contribution in [-0.4, -0.2) is 32.2 Å². The van der Waals surface area contributed by atoms with Crippen LogP contribution in [0.15, 0.2) is 74.0 Å². The molecule has 0 spiro atoms. The van der Waals surface area contributed by atoms with Gasteiger partial charge < -0.3 is 31.9 Å². The number of nitrogens with one attached hydrogen (secondary N) is 2. The molecule has 0 radical (unpaired) electrons. The zero-order valence-corrected chi connectivity index (χ0v) is 16.9. The number of allylic oxidation sites excluding steroid dienone is 2. The average Bonchev–Trinajstić information content (AvgIpc) is 3.19. The lowest BCUT2D eigenvalue weighted by atomic mass is 9.98. The first kappa shape index (κ1) is 20.3. The van der Waals surface area contributed by atoms with E-state index in [4.69, 9.17) is 22.3 Å². The molecule has 0 amide bonds. The van der Waals surface area contributed by atoms with Crippen LogP contribution >= 0.6 is 0 Å². The Kier molecular flexibility index (Phi) is 5.24. The van der Waals surface area contributed by atoms with Gasteiger partial charge in [-0.15, -0.1) is 0 Å². The third kappa shape index (κ3) is 4.02. The Morgan fingerprint density at radius 3 is 2.81 bits per heavy atom. The summed E-state index contributed by atoms with van der Waals surface area (Å²) >= 11 is 0. The summed E-state index contributed by atoms with van der Waals surface area (Å²) in [7, 11) is 0. The summed E-state index contributed by atoms with van der Waals surface area (Å²) in [5.41, 5.74) is 17.4. The zero-order valence-electron chi connectivity index (χ0n) is 16.9. The van der Waals surface area contributed by atoms with Crippen LogP contribution in [0.5, 0.6) is 5.75 Å². The van der Waals surface area contributed by atoms with Gasteiger partial charge in [-0.05, 0) is 29.8 Å². The molecule has 2 aromatic carbocycles. The van der Waals surface area contributed by atoms with Crippen molar-refractivity contribution in [1.29, 1.82) is 0 Å². The Morgan fingerprint density at radius 1 is 1.26 bits per heavy atom. The number of aromatic amines is 1. The van der Waals surface area contributed by atoms with Gasteiger partial charge >= 0.3 is 0 Å². The Hall–Kier alpha value is -4.01. The van der Waals surface area contributed by atoms with Gasteiger partial charge in [0.15, 0.2) is 0 Å². The topological polar surface area (TPSA) is 142 Å². The number of H-pyrrole nitrogens is 1. The van der Waals surface area contributed by atoms with E-state index in [9.17, 15) is 5.11 Å². The fourth-order valence-electron chi connectivity index (χ4n) is 3.49. The number of fused-ring (bicyclic) bond motifs is 1. The molecule has 4 rings (SSSR count). The molecule has 2 unspecified atom stereocenters. The van der Waals surface area contributed by atoms with E-state index in [2.05, 4.69) is 23.5 Å². The third-order valence-electron chi connectivity index (χ3n) is 5.22. The Balaban J connectivity index is 1.58. The van der Waals surface area contributed by atoms with Crippen molar-refractivity contribution in [2.75, 3.05) is 11.1 Å². The Bertz CT molecular complexity index is 1220. The van der Waals surface area contributed by atoms with Gasteiger partial charge in [-0.3, -0.25) is 0 Å². The molecule has 31 heavy (non-hydrogen) atoms. The standard InChI is InChI=1S/C23H25N7O/c1-3-30(26)22-9-5-15(10-18(22)25)23-28-19-8-4-14(11-21(19)29-23)13(2)27-20-12-16(31)6-7-17(20)24/h3-12,18,22,27,31H,1-2,24-26H2,(H,28,29). The summed E-state index contributed by atoms with van der Waals surface area (Å²) in [4.78, 5) is 8.04. The average molecular weight is 416 g/mol. The SMILES string of the molecule is C=CN(N)C1C=CC(c2nc3cc(C(=C)Nc4cc(O)ccc4N)ccc3[nH]2)=CC1N. The fraction of sp³-hybridized carbons (Fsp3) is 0.0870. The maximum Gasteiger partial charge on any atom is 0.138 e. The lowest BCUT2D eigenvalue weighted by molar-refractivity contribution is 0.311. The molecule has 8 heteroatoms. The number of anilines is 2. The number of phenols is 1. The maximum atomic E-state index is 9.69. The molecule has 1 heterocycles. The number of aromatic nitrogens is 2. The molecule has 1 aliphatic carbocycles. The van der Waals surface area contributed by atoms with Crippen LogP contribution in [0.25, 0.3) is 22.3 Å². The van der Waals surface area contributed by atoms with Crippen molar-refractivity contribution in [1.82, 2.24) is 15.0 Å². The quantitative estimate of drug-likeness (QED) is 0.157. The van der Waals surface area contributed by atoms with Gasteiger partial charge in [0.25, 0.3) is 0 Å². The van der Waals surface area contributed by atoms with Crippen LogP contribution in [0.3, 0.4) is 0 Å². The summed E-state index contributed by atoms with van der Waals surface area (Å²) in [6.07, 6.45) is 7.35. The molecule has 1 aromatic heterocycles. The number of aromatic hydroxyl groups is 1. The number of rotatable bonds is 6. The molecular weight excluding hydrogens is 390 g/mol. The Morgan fingerprint density at radius 2 is 2.06 bits per heavy atom. The van der Waals surface area contributed by atoms with Gasteiger partial charge in [-0.1, -0.05) is 37.5 Å². The number of nitrogens with zero attached hydrogens (tertiary/aromatic N) is 2. The predicted octanol–water partition coefficient (Wildman–Crippen LogP) is 2.90. The summed E-state index contributed by atoms with van der Waals surface area (Å²) in [6, 6.07) is 10.1. The van der Waals surface area contributed by atoms with Crippen LogP contribution in [-0.2, 0) is 0 Å². The normalized spacial score (nSPS) is 17.9. The first-order valence-electron chi connectivity index (χ1n) is 9.72. The fourth-order valence-corrected chi connectivity index (χ4v) is 3.49. The number of hydrogen-bond acceptors (Lipinski definition) is 7. The van der Waals surface area contributed by atoms with Gasteiger partial charge in [0.1, 0.15) is 11.6 Å². The first-order chi connectivity index (χ1) is 14.9. The van der Waals surface area contributed by atoms with Crippen molar-refractivity contribution in [3.8, 4) is 5.75 Å². The van der Waals surface area contributed by atoms with Crippen LogP contribution < -0.4 is 22.6 Å². The number of phenolic OH excluding ortho intramolecular Hbond substituents is 1. The highest BCUT2D eigenvalue weighted by atomic mass is 16.3. The first-order valence-corrected chi connectivity index (χ1v) is 9.72. The van der Waals surface area contributed by atoms with Crippen molar-refractivity contribution in [3.63, 3.8) is 0 Å². The summed E-state index contributed by atoms with van der Waals surface area (Å²) in [6.45, 7) is 7.76. The minimum atomic E-state index is -0.288. The summed E-state index contributed by atoms with van der Waals surface area (Å²) in [5.74, 6) is 6.74.